The van der Waals surface area contributed by atoms with E-state index in [0.29, 0.717) is 16.1 Å². The van der Waals surface area contributed by atoms with Crippen molar-refractivity contribution >= 4 is 28.9 Å². The Hall–Kier alpha value is -1.59. The molecular formula is C11H8ClNO3S. The van der Waals surface area contributed by atoms with Gasteiger partial charge < -0.3 is 9.84 Å². The van der Waals surface area contributed by atoms with Crippen LogP contribution in [0.25, 0.3) is 0 Å². The smallest absolute Gasteiger partial charge is 0.335 e. The maximum Gasteiger partial charge on any atom is 0.335 e. The molecule has 6 heteroatoms. The van der Waals surface area contributed by atoms with Gasteiger partial charge in [-0.25, -0.2) is 4.79 Å². The van der Waals surface area contributed by atoms with Crippen LogP contribution in [0.2, 0.25) is 5.15 Å². The number of halogens is 1. The molecular weight excluding hydrogens is 262 g/mol. The number of aromatic nitrogens is 1. The summed E-state index contributed by atoms with van der Waals surface area (Å²) in [5.41, 5.74) is 1.01. The summed E-state index contributed by atoms with van der Waals surface area (Å²) in [6, 6.07) is 4.68. The van der Waals surface area contributed by atoms with Gasteiger partial charge in [0.25, 0.3) is 5.19 Å². The van der Waals surface area contributed by atoms with Crippen molar-refractivity contribution in [3.8, 4) is 10.9 Å². The van der Waals surface area contributed by atoms with Crippen LogP contribution in [0.5, 0.6) is 10.9 Å². The molecule has 2 rings (SSSR count). The van der Waals surface area contributed by atoms with E-state index >= 15 is 0 Å². The Bertz CT molecular complexity index is 568. The maximum absolute atomic E-state index is 10.8. The summed E-state index contributed by atoms with van der Waals surface area (Å²) in [6.07, 6.45) is 0. The summed E-state index contributed by atoms with van der Waals surface area (Å²) in [5.74, 6) is -0.525. The van der Waals surface area contributed by atoms with Gasteiger partial charge in [-0.2, -0.15) is 4.98 Å². The van der Waals surface area contributed by atoms with E-state index in [1.54, 1.807) is 11.4 Å². The van der Waals surface area contributed by atoms with Crippen LogP contribution >= 0.6 is 22.9 Å². The van der Waals surface area contributed by atoms with Crippen molar-refractivity contribution < 1.29 is 14.6 Å². The Balaban J connectivity index is 2.31. The second-order valence-corrected chi connectivity index (χ2v) is 4.53. The lowest BCUT2D eigenvalue weighted by molar-refractivity contribution is 0.0696. The van der Waals surface area contributed by atoms with Crippen molar-refractivity contribution in [3.05, 3.63) is 39.9 Å². The van der Waals surface area contributed by atoms with Crippen LogP contribution in [0.3, 0.4) is 0 Å². The number of benzene rings is 1. The minimum atomic E-state index is -0.993. The number of ether oxygens (including phenoxy) is 1. The highest BCUT2D eigenvalue weighted by molar-refractivity contribution is 7.11. The quantitative estimate of drug-likeness (QED) is 0.925. The summed E-state index contributed by atoms with van der Waals surface area (Å²) >= 11 is 6.93. The number of hydrogen-bond acceptors (Lipinski definition) is 4. The van der Waals surface area contributed by atoms with Crippen LogP contribution in [-0.2, 0) is 0 Å². The van der Waals surface area contributed by atoms with E-state index < -0.39 is 5.97 Å². The molecule has 1 aromatic carbocycles. The third kappa shape index (κ3) is 2.75. The SMILES string of the molecule is Cc1ccc(C(=O)O)cc1Oc1nc(Cl)cs1. The van der Waals surface area contributed by atoms with Crippen LogP contribution in [0.1, 0.15) is 15.9 Å². The lowest BCUT2D eigenvalue weighted by Gasteiger charge is -2.06. The van der Waals surface area contributed by atoms with Crippen LogP contribution in [0.4, 0.5) is 0 Å². The van der Waals surface area contributed by atoms with E-state index in [0.717, 1.165) is 5.56 Å². The Morgan fingerprint density at radius 3 is 2.88 bits per heavy atom. The molecule has 0 aliphatic heterocycles. The Kier molecular flexibility index (Phi) is 3.31. The summed E-state index contributed by atoms with van der Waals surface area (Å²) in [5, 5.41) is 11.3. The van der Waals surface area contributed by atoms with E-state index in [2.05, 4.69) is 4.98 Å². The Labute approximate surface area is 106 Å². The zero-order valence-electron chi connectivity index (χ0n) is 8.81. The van der Waals surface area contributed by atoms with Crippen molar-refractivity contribution in [3.63, 3.8) is 0 Å². The molecule has 0 bridgehead atoms. The standard InChI is InChI=1S/C11H8ClNO3S/c1-6-2-3-7(10(14)15)4-8(6)16-11-13-9(12)5-17-11/h2-5H,1H3,(H,14,15). The number of aryl methyl sites for hydroxylation is 1. The zero-order valence-corrected chi connectivity index (χ0v) is 10.4. The van der Waals surface area contributed by atoms with Crippen LogP contribution < -0.4 is 4.74 Å². The molecule has 0 spiro atoms. The number of thiazole rings is 1. The molecule has 0 amide bonds. The van der Waals surface area contributed by atoms with Crippen molar-refractivity contribution in [2.75, 3.05) is 0 Å². The molecule has 0 aliphatic carbocycles. The number of rotatable bonds is 3. The molecule has 1 aromatic heterocycles. The van der Waals surface area contributed by atoms with Crippen molar-refractivity contribution in [2.45, 2.75) is 6.92 Å². The van der Waals surface area contributed by atoms with Gasteiger partial charge in [-0.3, -0.25) is 0 Å². The molecule has 0 atom stereocenters. The number of carbonyl (C=O) groups is 1. The molecule has 1 heterocycles. The second kappa shape index (κ2) is 4.73. The first-order valence-electron chi connectivity index (χ1n) is 4.69. The molecule has 0 fully saturated rings. The predicted octanol–water partition coefficient (Wildman–Crippen LogP) is 3.60. The highest BCUT2D eigenvalue weighted by Gasteiger charge is 2.09. The van der Waals surface area contributed by atoms with Gasteiger partial charge in [-0.1, -0.05) is 29.0 Å². The molecule has 88 valence electrons. The van der Waals surface area contributed by atoms with Gasteiger partial charge in [0.2, 0.25) is 0 Å². The number of hydrogen-bond donors (Lipinski definition) is 1. The van der Waals surface area contributed by atoms with E-state index in [-0.39, 0.29) is 5.56 Å². The van der Waals surface area contributed by atoms with E-state index in [9.17, 15) is 4.79 Å². The number of aromatic carboxylic acids is 1. The third-order valence-corrected chi connectivity index (χ3v) is 3.13. The first-order chi connectivity index (χ1) is 8.06. The summed E-state index contributed by atoms with van der Waals surface area (Å²) in [4.78, 5) is 14.8. The summed E-state index contributed by atoms with van der Waals surface area (Å²) < 4.78 is 5.48. The monoisotopic (exact) mass is 269 g/mol. The minimum absolute atomic E-state index is 0.174. The van der Waals surface area contributed by atoms with Gasteiger partial charge in [0.1, 0.15) is 10.9 Å². The maximum atomic E-state index is 10.8. The van der Waals surface area contributed by atoms with Crippen LogP contribution in [0.15, 0.2) is 23.6 Å². The van der Waals surface area contributed by atoms with Gasteiger partial charge in [0, 0.05) is 5.38 Å². The average Bonchev–Trinajstić information content (AvgIpc) is 2.67. The first-order valence-corrected chi connectivity index (χ1v) is 5.95. The number of carboxylic acid groups (broad SMARTS) is 1. The van der Waals surface area contributed by atoms with Crippen LogP contribution in [0, 0.1) is 6.92 Å². The number of nitrogens with zero attached hydrogens (tertiary/aromatic N) is 1. The second-order valence-electron chi connectivity index (χ2n) is 3.32. The van der Waals surface area contributed by atoms with Gasteiger partial charge in [0.05, 0.1) is 5.56 Å². The van der Waals surface area contributed by atoms with E-state index in [1.165, 1.54) is 23.5 Å². The molecule has 4 nitrogen and oxygen atoms in total. The fraction of sp³-hybridized carbons (Fsp3) is 0.0909. The lowest BCUT2D eigenvalue weighted by Crippen LogP contribution is -1.97. The topological polar surface area (TPSA) is 59.4 Å². The normalized spacial score (nSPS) is 10.2. The average molecular weight is 270 g/mol. The molecule has 0 saturated heterocycles. The van der Waals surface area contributed by atoms with E-state index in [4.69, 9.17) is 21.4 Å². The van der Waals surface area contributed by atoms with Crippen molar-refractivity contribution in [2.24, 2.45) is 0 Å². The minimum Gasteiger partial charge on any atom is -0.478 e. The largest absolute Gasteiger partial charge is 0.478 e. The summed E-state index contributed by atoms with van der Waals surface area (Å²) in [6.45, 7) is 1.83. The van der Waals surface area contributed by atoms with Gasteiger partial charge >= 0.3 is 5.97 Å². The molecule has 0 unspecified atom stereocenters. The van der Waals surface area contributed by atoms with Gasteiger partial charge in [-0.15, -0.1) is 0 Å². The predicted molar refractivity (Wildman–Crippen MR) is 65.3 cm³/mol. The molecule has 0 saturated carbocycles. The van der Waals surface area contributed by atoms with Crippen molar-refractivity contribution in [1.82, 2.24) is 4.98 Å². The van der Waals surface area contributed by atoms with Gasteiger partial charge in [0.15, 0.2) is 0 Å². The Morgan fingerprint density at radius 2 is 2.29 bits per heavy atom. The first kappa shape index (κ1) is 11.9. The number of carboxylic acids is 1. The van der Waals surface area contributed by atoms with E-state index in [1.807, 2.05) is 6.92 Å². The molecule has 0 radical (unpaired) electrons. The van der Waals surface area contributed by atoms with Gasteiger partial charge in [-0.05, 0) is 24.6 Å². The van der Waals surface area contributed by atoms with Crippen LogP contribution in [-0.4, -0.2) is 16.1 Å². The lowest BCUT2D eigenvalue weighted by atomic mass is 10.1. The molecule has 0 aliphatic rings. The fourth-order valence-electron chi connectivity index (χ4n) is 1.22. The highest BCUT2D eigenvalue weighted by Crippen LogP contribution is 2.29. The third-order valence-electron chi connectivity index (χ3n) is 2.09. The summed E-state index contributed by atoms with van der Waals surface area (Å²) in [7, 11) is 0. The zero-order chi connectivity index (χ0) is 12.4. The molecule has 2 aromatic rings. The Morgan fingerprint density at radius 1 is 1.53 bits per heavy atom. The highest BCUT2D eigenvalue weighted by atomic mass is 35.5. The molecule has 17 heavy (non-hydrogen) atoms. The fourth-order valence-corrected chi connectivity index (χ4v) is 2.02. The van der Waals surface area contributed by atoms with Crippen molar-refractivity contribution in [1.29, 1.82) is 0 Å². The molecule has 1 N–H and O–H groups in total.